The van der Waals surface area contributed by atoms with Gasteiger partial charge >= 0.3 is 12.3 Å². The summed E-state index contributed by atoms with van der Waals surface area (Å²) < 4.78 is 64.9. The fraction of sp³-hybridized carbons (Fsp3) is 0.222. The van der Waals surface area contributed by atoms with Gasteiger partial charge in [-0.05, 0) is 30.3 Å². The number of hydrogen-bond donors (Lipinski definition) is 1. The molecule has 13 heteroatoms. The minimum Gasteiger partial charge on any atom is -0.452 e. The molecule has 31 heavy (non-hydrogen) atoms. The molecule has 0 saturated carbocycles. The van der Waals surface area contributed by atoms with Crippen LogP contribution < -0.4 is 14.8 Å². The fourth-order valence-corrected chi connectivity index (χ4v) is 3.59. The van der Waals surface area contributed by atoms with Crippen LogP contribution in [-0.4, -0.2) is 51.6 Å². The van der Waals surface area contributed by atoms with Gasteiger partial charge in [0.25, 0.3) is 5.91 Å². The van der Waals surface area contributed by atoms with Gasteiger partial charge in [-0.15, -0.1) is 8.78 Å². The Kier molecular flexibility index (Phi) is 6.07. The third kappa shape index (κ3) is 5.03. The highest BCUT2D eigenvalue weighted by Gasteiger charge is 2.43. The number of anilines is 1. The Morgan fingerprint density at radius 2 is 1.81 bits per heavy atom. The number of ether oxygens (including phenoxy) is 3. The molecule has 0 aromatic heterocycles. The maximum Gasteiger partial charge on any atom is 0.586 e. The summed E-state index contributed by atoms with van der Waals surface area (Å²) in [7, 11) is -1.18. The Bertz CT molecular complexity index is 1160. The molecule has 2 aromatic rings. The van der Waals surface area contributed by atoms with Crippen molar-refractivity contribution in [3.05, 3.63) is 47.0 Å². The van der Waals surface area contributed by atoms with Gasteiger partial charge in [-0.2, -0.15) is 0 Å². The number of hydrogen-bond acceptors (Lipinski definition) is 7. The Morgan fingerprint density at radius 3 is 2.48 bits per heavy atom. The molecule has 0 atom stereocenters. The van der Waals surface area contributed by atoms with Gasteiger partial charge in [0.05, 0.1) is 15.5 Å². The number of sulfonamides is 1. The van der Waals surface area contributed by atoms with Crippen molar-refractivity contribution in [2.45, 2.75) is 11.2 Å². The summed E-state index contributed by atoms with van der Waals surface area (Å²) in [6.07, 6.45) is -3.80. The molecule has 1 aliphatic rings. The SMILES string of the molecule is CN(C)S(=O)(=O)c1ccc(Cl)c(C(=O)OCC(=O)Nc2ccc3c(c2)OC(F)(F)O3)c1. The summed E-state index contributed by atoms with van der Waals surface area (Å²) in [5.74, 6) is -2.28. The van der Waals surface area contributed by atoms with Gasteiger partial charge in [0, 0.05) is 25.8 Å². The first kappa shape index (κ1) is 22.7. The Hall–Kier alpha value is -2.96. The van der Waals surface area contributed by atoms with Gasteiger partial charge in [0.15, 0.2) is 18.1 Å². The lowest BCUT2D eigenvalue weighted by atomic mass is 10.2. The van der Waals surface area contributed by atoms with Gasteiger partial charge in [0.2, 0.25) is 10.0 Å². The van der Waals surface area contributed by atoms with Crippen molar-refractivity contribution < 1.29 is 41.0 Å². The summed E-state index contributed by atoms with van der Waals surface area (Å²) >= 11 is 5.95. The molecule has 166 valence electrons. The average molecular weight is 477 g/mol. The average Bonchev–Trinajstić information content (AvgIpc) is 2.99. The number of esters is 1. The zero-order valence-electron chi connectivity index (χ0n) is 16.0. The topological polar surface area (TPSA) is 111 Å². The van der Waals surface area contributed by atoms with Crippen LogP contribution in [-0.2, 0) is 19.6 Å². The standard InChI is InChI=1S/C18H15ClF2N2O7S/c1-23(2)31(26,27)11-4-5-13(19)12(8-11)17(25)28-9-16(24)22-10-3-6-14-15(7-10)30-18(20,21)29-14/h3-8H,9H2,1-2H3,(H,22,24). The van der Waals surface area contributed by atoms with E-state index in [1.807, 2.05) is 0 Å². The number of carbonyl (C=O) groups is 2. The monoisotopic (exact) mass is 476 g/mol. The molecular weight excluding hydrogens is 462 g/mol. The molecule has 1 heterocycles. The highest BCUT2D eigenvalue weighted by molar-refractivity contribution is 7.89. The smallest absolute Gasteiger partial charge is 0.452 e. The number of halogens is 3. The maximum atomic E-state index is 13.0. The van der Waals surface area contributed by atoms with Gasteiger partial charge < -0.3 is 19.5 Å². The molecule has 0 aliphatic carbocycles. The van der Waals surface area contributed by atoms with E-state index in [4.69, 9.17) is 16.3 Å². The highest BCUT2D eigenvalue weighted by atomic mass is 35.5. The molecule has 0 radical (unpaired) electrons. The lowest BCUT2D eigenvalue weighted by Gasteiger charge is -2.13. The summed E-state index contributed by atoms with van der Waals surface area (Å²) in [4.78, 5) is 24.1. The first-order chi connectivity index (χ1) is 14.4. The number of amides is 1. The normalized spacial score (nSPS) is 14.4. The highest BCUT2D eigenvalue weighted by Crippen LogP contribution is 2.42. The molecule has 1 aliphatic heterocycles. The number of rotatable bonds is 6. The number of benzene rings is 2. The second kappa shape index (κ2) is 8.29. The number of nitrogens with one attached hydrogen (secondary N) is 1. The Balaban J connectivity index is 1.65. The molecule has 0 saturated heterocycles. The van der Waals surface area contributed by atoms with Crippen LogP contribution in [0.3, 0.4) is 0 Å². The summed E-state index contributed by atoms with van der Waals surface area (Å²) in [5.41, 5.74) is -0.152. The van der Waals surface area contributed by atoms with Crippen LogP contribution in [0.15, 0.2) is 41.3 Å². The van der Waals surface area contributed by atoms with Crippen molar-refractivity contribution in [2.24, 2.45) is 0 Å². The Labute approximate surface area is 180 Å². The van der Waals surface area contributed by atoms with Gasteiger partial charge in [-0.3, -0.25) is 4.79 Å². The summed E-state index contributed by atoms with van der Waals surface area (Å²) in [6.45, 7) is -0.746. The van der Waals surface area contributed by atoms with E-state index in [-0.39, 0.29) is 32.7 Å². The van der Waals surface area contributed by atoms with Gasteiger partial charge in [-0.25, -0.2) is 17.5 Å². The van der Waals surface area contributed by atoms with Crippen LogP contribution in [0.5, 0.6) is 11.5 Å². The van der Waals surface area contributed by atoms with E-state index in [0.717, 1.165) is 16.4 Å². The van der Waals surface area contributed by atoms with Crippen LogP contribution in [0.1, 0.15) is 10.4 Å². The molecule has 0 unspecified atom stereocenters. The second-order valence-electron chi connectivity index (χ2n) is 6.38. The second-order valence-corrected chi connectivity index (χ2v) is 8.94. The first-order valence-electron chi connectivity index (χ1n) is 8.48. The van der Waals surface area contributed by atoms with Gasteiger partial charge in [0.1, 0.15) is 0 Å². The van der Waals surface area contributed by atoms with E-state index in [1.165, 1.54) is 38.4 Å². The summed E-state index contributed by atoms with van der Waals surface area (Å²) in [5, 5.41) is 2.27. The molecule has 1 N–H and O–H groups in total. The first-order valence-corrected chi connectivity index (χ1v) is 10.3. The number of carbonyl (C=O) groups excluding carboxylic acids is 2. The van der Waals surface area contributed by atoms with E-state index in [0.29, 0.717) is 0 Å². The van der Waals surface area contributed by atoms with E-state index in [1.54, 1.807) is 0 Å². The van der Waals surface area contributed by atoms with Crippen LogP contribution in [0.4, 0.5) is 14.5 Å². The zero-order valence-corrected chi connectivity index (χ0v) is 17.6. The van der Waals surface area contributed by atoms with E-state index in [2.05, 4.69) is 14.8 Å². The van der Waals surface area contributed by atoms with E-state index in [9.17, 15) is 26.8 Å². The zero-order chi connectivity index (χ0) is 23.0. The van der Waals surface area contributed by atoms with Crippen LogP contribution in [0, 0.1) is 0 Å². The van der Waals surface area contributed by atoms with Crippen LogP contribution >= 0.6 is 11.6 Å². The van der Waals surface area contributed by atoms with E-state index >= 15 is 0 Å². The molecular formula is C18H15ClF2N2O7S. The number of fused-ring (bicyclic) bond motifs is 1. The predicted octanol–water partition coefficient (Wildman–Crippen LogP) is 2.71. The number of alkyl halides is 2. The molecule has 9 nitrogen and oxygen atoms in total. The molecule has 2 aromatic carbocycles. The van der Waals surface area contributed by atoms with Crippen molar-refractivity contribution in [3.8, 4) is 11.5 Å². The van der Waals surface area contributed by atoms with Crippen molar-refractivity contribution in [3.63, 3.8) is 0 Å². The third-order valence-corrected chi connectivity index (χ3v) is 6.10. The van der Waals surface area contributed by atoms with Crippen molar-refractivity contribution in [2.75, 3.05) is 26.0 Å². The van der Waals surface area contributed by atoms with Crippen molar-refractivity contribution in [1.29, 1.82) is 0 Å². The lowest BCUT2D eigenvalue weighted by Crippen LogP contribution is -2.25. The third-order valence-electron chi connectivity index (χ3n) is 3.96. The van der Waals surface area contributed by atoms with Crippen LogP contribution in [0.25, 0.3) is 0 Å². The largest absolute Gasteiger partial charge is 0.586 e. The molecule has 3 rings (SSSR count). The minimum atomic E-state index is -3.82. The lowest BCUT2D eigenvalue weighted by molar-refractivity contribution is -0.286. The van der Waals surface area contributed by atoms with Crippen LogP contribution in [0.2, 0.25) is 5.02 Å². The molecule has 0 spiro atoms. The predicted molar refractivity (Wildman–Crippen MR) is 104 cm³/mol. The van der Waals surface area contributed by atoms with Crippen molar-refractivity contribution in [1.82, 2.24) is 4.31 Å². The maximum absolute atomic E-state index is 13.0. The molecule has 1 amide bonds. The van der Waals surface area contributed by atoms with Crippen molar-refractivity contribution >= 4 is 39.2 Å². The molecule has 0 fully saturated rings. The molecule has 0 bridgehead atoms. The fourth-order valence-electron chi connectivity index (χ4n) is 2.46. The minimum absolute atomic E-state index is 0.0696. The van der Waals surface area contributed by atoms with Gasteiger partial charge in [-0.1, -0.05) is 11.6 Å². The Morgan fingerprint density at radius 1 is 1.13 bits per heavy atom. The quantitative estimate of drug-likeness (QED) is 0.638. The summed E-state index contributed by atoms with van der Waals surface area (Å²) in [6, 6.07) is 7.06. The van der Waals surface area contributed by atoms with E-state index < -0.39 is 34.8 Å². The number of nitrogens with zero attached hydrogens (tertiary/aromatic N) is 1.